The van der Waals surface area contributed by atoms with Gasteiger partial charge in [-0.05, 0) is 47.9 Å². The molecule has 56 heavy (non-hydrogen) atoms. The number of benzene rings is 4. The van der Waals surface area contributed by atoms with E-state index >= 15 is 0 Å². The molecular weight excluding hydrogens is 809 g/mol. The fourth-order valence-corrected chi connectivity index (χ4v) is 6.70. The average molecular weight is 868 g/mol. The van der Waals surface area contributed by atoms with Crippen LogP contribution in [-0.2, 0) is 56.1 Å². The Balaban J connectivity index is 0.000000228. The zero-order chi connectivity index (χ0) is 40.7. The van der Waals surface area contributed by atoms with Crippen LogP contribution in [-0.4, -0.2) is 19.4 Å². The summed E-state index contributed by atoms with van der Waals surface area (Å²) in [6, 6.07) is 40.5. The number of carbonyl (C=O) groups is 2. The van der Waals surface area contributed by atoms with Crippen molar-refractivity contribution in [1.82, 2.24) is 10.5 Å². The van der Waals surface area contributed by atoms with E-state index in [0.29, 0.717) is 12.8 Å². The first kappa shape index (κ1) is 46.9. The van der Waals surface area contributed by atoms with Gasteiger partial charge in [-0.1, -0.05) is 139 Å². The number of fused-ring (bicyclic) bond motifs is 2. The van der Waals surface area contributed by atoms with Crippen LogP contribution in [0.25, 0.3) is 43.8 Å². The van der Waals surface area contributed by atoms with Crippen LogP contribution < -0.4 is 10.5 Å². The van der Waals surface area contributed by atoms with E-state index in [-0.39, 0.29) is 11.8 Å². The van der Waals surface area contributed by atoms with Crippen molar-refractivity contribution in [2.45, 2.75) is 106 Å². The van der Waals surface area contributed by atoms with Gasteiger partial charge in [0, 0.05) is 12.8 Å². The number of aryl methyl sites for hydroxylation is 4. The molecule has 0 aliphatic carbocycles. The third kappa shape index (κ3) is 14.5. The average Bonchev–Trinajstić information content (AvgIpc) is 3.86. The molecule has 8 heteroatoms. The molecule has 0 saturated heterocycles. The van der Waals surface area contributed by atoms with Crippen LogP contribution in [0.3, 0.4) is 0 Å². The maximum atomic E-state index is 10.6. The summed E-state index contributed by atoms with van der Waals surface area (Å²) in [6.07, 6.45) is 10.4. The Bertz CT molecular complexity index is 1930. The first-order valence-corrected chi connectivity index (χ1v) is 26.5. The molecule has 0 saturated carbocycles. The molecule has 1 radical (unpaired) electrons. The standard InChI is InChI=1S/2C21H23.C6H12BN2O2.2ClH.Zr/c2*1-3-5-9-16-14-18-11-8-13-20(21(18)15-16)19-12-7-6-10-17(19)4-2;1-3-5(10)8-7-9-6(11)4-2;;;/h2*6-8,10-15H,3-5,9H2,1-2H3;3-4H2,1-2H3,(H,8,10)(H,9,11);2*1H;/q2*-1;;;;+4/p-2. The number of halogens is 2. The zero-order valence-electron chi connectivity index (χ0n) is 34.1. The van der Waals surface area contributed by atoms with Crippen molar-refractivity contribution in [3.63, 3.8) is 0 Å². The molecule has 0 bridgehead atoms. The molecule has 2 amide bonds. The van der Waals surface area contributed by atoms with E-state index in [0.717, 1.165) is 12.8 Å². The Hall–Kier alpha value is -3.43. The van der Waals surface area contributed by atoms with Crippen LogP contribution in [0.5, 0.6) is 0 Å². The van der Waals surface area contributed by atoms with Crippen LogP contribution >= 0.6 is 17.0 Å². The summed E-state index contributed by atoms with van der Waals surface area (Å²) in [5, 5.41) is 10.4. The van der Waals surface area contributed by atoms with Crippen LogP contribution in [0.4, 0.5) is 0 Å². The van der Waals surface area contributed by atoms with E-state index in [4.69, 9.17) is 17.0 Å². The fourth-order valence-electron chi connectivity index (χ4n) is 6.70. The van der Waals surface area contributed by atoms with Crippen molar-refractivity contribution in [3.8, 4) is 22.3 Å². The summed E-state index contributed by atoms with van der Waals surface area (Å²) in [5.74, 6) is -0.220. The normalized spacial score (nSPS) is 10.2. The summed E-state index contributed by atoms with van der Waals surface area (Å²) in [5.41, 5.74) is 11.4. The second kappa shape index (κ2) is 26.5. The molecule has 0 aromatic heterocycles. The molecule has 6 aromatic rings. The molecule has 0 unspecified atom stereocenters. The van der Waals surface area contributed by atoms with Gasteiger partial charge in [-0.2, -0.15) is 12.1 Å². The van der Waals surface area contributed by atoms with Crippen LogP contribution in [0.2, 0.25) is 0 Å². The van der Waals surface area contributed by atoms with E-state index in [1.54, 1.807) is 13.8 Å². The Morgan fingerprint density at radius 1 is 0.571 bits per heavy atom. The Labute approximate surface area is 355 Å². The van der Waals surface area contributed by atoms with Gasteiger partial charge in [0.25, 0.3) is 0 Å². The molecule has 0 aliphatic heterocycles. The van der Waals surface area contributed by atoms with Crippen molar-refractivity contribution in [2.75, 3.05) is 0 Å². The van der Waals surface area contributed by atoms with Crippen LogP contribution in [0.1, 0.15) is 102 Å². The molecule has 0 spiro atoms. The second-order valence-electron chi connectivity index (χ2n) is 13.6. The third-order valence-electron chi connectivity index (χ3n) is 9.74. The minimum atomic E-state index is -0.826. The van der Waals surface area contributed by atoms with Gasteiger partial charge in [0.1, 0.15) is 0 Å². The number of amides is 2. The quantitative estimate of drug-likeness (QED) is 0.0846. The van der Waals surface area contributed by atoms with Gasteiger partial charge in [0.15, 0.2) is 0 Å². The van der Waals surface area contributed by atoms with Gasteiger partial charge in [0.05, 0.1) is 0 Å². The SMILES string of the molecule is CCC(=O)N[B]NC(=O)CC.CCCCc1cc2c(-c3ccccc3CC)cccc2[cH-]1.CCCCc1cc2c(-c3ccccc3CC)cccc2[cH-]1.[Cl][Zr+2][Cl]. The summed E-state index contributed by atoms with van der Waals surface area (Å²) in [7, 11) is 11.1. The molecule has 0 heterocycles. The van der Waals surface area contributed by atoms with Gasteiger partial charge in [-0.15, -0.1) is 69.1 Å². The van der Waals surface area contributed by atoms with Crippen molar-refractivity contribution in [1.29, 1.82) is 0 Å². The summed E-state index contributed by atoms with van der Waals surface area (Å²) in [4.78, 5) is 21.2. The molecular formula is C48H58BCl2N2O2Zr. The Morgan fingerprint density at radius 3 is 1.30 bits per heavy atom. The molecule has 6 rings (SSSR count). The number of hydrogen-bond donors (Lipinski definition) is 2. The molecule has 0 aliphatic rings. The monoisotopic (exact) mass is 865 g/mol. The summed E-state index contributed by atoms with van der Waals surface area (Å²) < 4.78 is 0. The topological polar surface area (TPSA) is 58.2 Å². The van der Waals surface area contributed by atoms with Gasteiger partial charge < -0.3 is 10.5 Å². The number of hydrogen-bond acceptors (Lipinski definition) is 2. The van der Waals surface area contributed by atoms with Crippen molar-refractivity contribution >= 4 is 57.9 Å². The number of nitrogens with one attached hydrogen (secondary N) is 2. The van der Waals surface area contributed by atoms with Gasteiger partial charge in [-0.3, -0.25) is 9.59 Å². The predicted octanol–water partition coefficient (Wildman–Crippen LogP) is 13.2. The molecule has 2 N–H and O–H groups in total. The van der Waals surface area contributed by atoms with Crippen LogP contribution in [0, 0.1) is 0 Å². The zero-order valence-corrected chi connectivity index (χ0v) is 38.1. The molecule has 293 valence electrons. The van der Waals surface area contributed by atoms with Crippen LogP contribution in [0.15, 0.2) is 109 Å². The minimum absolute atomic E-state index is 0.110. The Morgan fingerprint density at radius 2 is 0.946 bits per heavy atom. The summed E-state index contributed by atoms with van der Waals surface area (Å²) >= 11 is -0.826. The van der Waals surface area contributed by atoms with E-state index in [1.165, 1.54) is 112 Å². The second-order valence-corrected chi connectivity index (χ2v) is 17.4. The number of unbranched alkanes of at least 4 members (excludes halogenated alkanes) is 2. The summed E-state index contributed by atoms with van der Waals surface area (Å²) in [6.45, 7) is 12.5. The Kier molecular flexibility index (Phi) is 22.2. The van der Waals surface area contributed by atoms with E-state index in [2.05, 4.69) is 147 Å². The molecule has 0 atom stereocenters. The fraction of sp³-hybridized carbons (Fsp3) is 0.333. The molecule has 4 nitrogen and oxygen atoms in total. The van der Waals surface area contributed by atoms with Gasteiger partial charge in [-0.25, -0.2) is 0 Å². The first-order valence-electron chi connectivity index (χ1n) is 20.2. The van der Waals surface area contributed by atoms with E-state index in [9.17, 15) is 9.59 Å². The van der Waals surface area contributed by atoms with Gasteiger partial charge in [0.2, 0.25) is 11.8 Å². The molecule has 6 aromatic carbocycles. The van der Waals surface area contributed by atoms with Crippen molar-refractivity contribution < 1.29 is 30.4 Å². The maximum absolute atomic E-state index is 10.6. The van der Waals surface area contributed by atoms with E-state index in [1.807, 2.05) is 0 Å². The van der Waals surface area contributed by atoms with Crippen molar-refractivity contribution in [3.05, 3.63) is 131 Å². The van der Waals surface area contributed by atoms with Gasteiger partial charge >= 0.3 is 45.4 Å². The van der Waals surface area contributed by atoms with Crippen molar-refractivity contribution in [2.24, 2.45) is 0 Å². The molecule has 0 fully saturated rings. The third-order valence-corrected chi connectivity index (χ3v) is 9.74. The first-order chi connectivity index (χ1) is 27.3. The van der Waals surface area contributed by atoms with E-state index < -0.39 is 20.8 Å². The predicted molar refractivity (Wildman–Crippen MR) is 240 cm³/mol. The number of rotatable bonds is 14. The number of carbonyl (C=O) groups excluding carboxylic acids is 2.